The summed E-state index contributed by atoms with van der Waals surface area (Å²) in [6.45, 7) is 9.36. The van der Waals surface area contributed by atoms with Gasteiger partial charge in [-0.05, 0) is 31.7 Å². The van der Waals surface area contributed by atoms with Crippen molar-refractivity contribution in [2.75, 3.05) is 0 Å². The minimum absolute atomic E-state index is 0.215. The summed E-state index contributed by atoms with van der Waals surface area (Å²) in [4.78, 5) is 24.8. The molecular weight excluding hydrogens is 304 g/mol. The first-order valence-corrected chi connectivity index (χ1v) is 8.53. The lowest BCUT2D eigenvalue weighted by Gasteiger charge is -2.25. The second-order valence-corrected chi connectivity index (χ2v) is 6.90. The highest BCUT2D eigenvalue weighted by atomic mass is 16.5. The van der Waals surface area contributed by atoms with Crippen molar-refractivity contribution < 1.29 is 14.3 Å². The van der Waals surface area contributed by atoms with Gasteiger partial charge in [0.1, 0.15) is 6.04 Å². The Morgan fingerprint density at radius 3 is 2.17 bits per heavy atom. The van der Waals surface area contributed by atoms with Crippen LogP contribution in [0.4, 0.5) is 0 Å². The number of amides is 1. The van der Waals surface area contributed by atoms with Crippen molar-refractivity contribution >= 4 is 11.9 Å². The van der Waals surface area contributed by atoms with E-state index in [1.54, 1.807) is 20.8 Å². The molecule has 5 heteroatoms. The van der Waals surface area contributed by atoms with Gasteiger partial charge in [-0.15, -0.1) is 0 Å². The van der Waals surface area contributed by atoms with E-state index in [-0.39, 0.29) is 17.9 Å². The smallest absolute Gasteiger partial charge is 0.328 e. The van der Waals surface area contributed by atoms with Crippen LogP contribution in [0.1, 0.15) is 52.6 Å². The Morgan fingerprint density at radius 1 is 1.08 bits per heavy atom. The average Bonchev–Trinajstić information content (AvgIpc) is 2.52. The van der Waals surface area contributed by atoms with E-state index in [0.29, 0.717) is 6.42 Å². The van der Waals surface area contributed by atoms with Crippen LogP contribution in [0.25, 0.3) is 0 Å². The van der Waals surface area contributed by atoms with E-state index in [0.717, 1.165) is 5.56 Å². The van der Waals surface area contributed by atoms with Gasteiger partial charge in [-0.3, -0.25) is 4.79 Å². The third kappa shape index (κ3) is 6.32. The van der Waals surface area contributed by atoms with Crippen LogP contribution < -0.4 is 11.1 Å². The molecule has 0 heterocycles. The number of benzene rings is 1. The molecule has 0 saturated carbocycles. The van der Waals surface area contributed by atoms with Crippen molar-refractivity contribution in [1.29, 1.82) is 0 Å². The maximum atomic E-state index is 12.5. The summed E-state index contributed by atoms with van der Waals surface area (Å²) in [7, 11) is 0. The number of hydrogen-bond acceptors (Lipinski definition) is 4. The normalized spacial score (nSPS) is 15.0. The molecule has 1 aromatic rings. The molecule has 0 aliphatic carbocycles. The monoisotopic (exact) mass is 334 g/mol. The molecule has 0 aliphatic heterocycles. The number of hydrogen-bond donors (Lipinski definition) is 2. The summed E-state index contributed by atoms with van der Waals surface area (Å²) in [5.41, 5.74) is 7.09. The van der Waals surface area contributed by atoms with Gasteiger partial charge in [0.2, 0.25) is 5.91 Å². The molecule has 0 bridgehead atoms. The van der Waals surface area contributed by atoms with Crippen LogP contribution in [0.5, 0.6) is 0 Å². The van der Waals surface area contributed by atoms with Gasteiger partial charge in [-0.25, -0.2) is 4.79 Å². The fraction of sp³-hybridized carbons (Fsp3) is 0.579. The lowest BCUT2D eigenvalue weighted by molar-refractivity contribution is -0.152. The molecule has 1 amide bonds. The molecule has 0 radical (unpaired) electrons. The number of nitrogens with two attached hydrogens (primary N) is 1. The Labute approximate surface area is 145 Å². The van der Waals surface area contributed by atoms with Crippen LogP contribution in [-0.2, 0) is 14.3 Å². The summed E-state index contributed by atoms with van der Waals surface area (Å²) in [5.74, 6) is -0.827. The molecule has 0 fully saturated rings. The second-order valence-electron chi connectivity index (χ2n) is 6.90. The van der Waals surface area contributed by atoms with Crippen molar-refractivity contribution in [2.45, 2.75) is 59.2 Å². The molecule has 0 aromatic heterocycles. The topological polar surface area (TPSA) is 81.4 Å². The number of carbonyl (C=O) groups excluding carboxylic acids is 2. The van der Waals surface area contributed by atoms with E-state index < -0.39 is 24.0 Å². The molecule has 0 saturated heterocycles. The van der Waals surface area contributed by atoms with E-state index in [9.17, 15) is 9.59 Å². The van der Waals surface area contributed by atoms with Crippen LogP contribution >= 0.6 is 0 Å². The lowest BCUT2D eigenvalue weighted by Crippen LogP contribution is -2.47. The van der Waals surface area contributed by atoms with Gasteiger partial charge in [0.15, 0.2) is 0 Å². The average molecular weight is 334 g/mol. The Hall–Kier alpha value is -1.88. The zero-order valence-electron chi connectivity index (χ0n) is 15.3. The van der Waals surface area contributed by atoms with Crippen LogP contribution in [-0.4, -0.2) is 24.0 Å². The van der Waals surface area contributed by atoms with Gasteiger partial charge in [0.25, 0.3) is 0 Å². The molecule has 5 nitrogen and oxygen atoms in total. The third-order valence-corrected chi connectivity index (χ3v) is 3.80. The van der Waals surface area contributed by atoms with Crippen LogP contribution in [0, 0.1) is 11.8 Å². The number of esters is 1. The minimum atomic E-state index is -0.648. The SMILES string of the molecule is CC(C)C[C@H](NC(=O)C(C)C(N)c1ccccc1)C(=O)OC(C)C. The summed E-state index contributed by atoms with van der Waals surface area (Å²) in [5, 5.41) is 2.81. The molecule has 134 valence electrons. The van der Waals surface area contributed by atoms with Crippen molar-refractivity contribution in [3.05, 3.63) is 35.9 Å². The Bertz CT molecular complexity index is 529. The Kier molecular flexibility index (Phi) is 7.92. The second kappa shape index (κ2) is 9.42. The fourth-order valence-corrected chi connectivity index (χ4v) is 2.43. The number of ether oxygens (including phenoxy) is 1. The minimum Gasteiger partial charge on any atom is -0.461 e. The predicted molar refractivity (Wildman–Crippen MR) is 95.1 cm³/mol. The number of nitrogens with one attached hydrogen (secondary N) is 1. The zero-order chi connectivity index (χ0) is 18.3. The van der Waals surface area contributed by atoms with Gasteiger partial charge >= 0.3 is 5.97 Å². The van der Waals surface area contributed by atoms with Gasteiger partial charge in [0.05, 0.1) is 12.0 Å². The predicted octanol–water partition coefficient (Wildman–Crippen LogP) is 2.81. The summed E-state index contributed by atoms with van der Waals surface area (Å²) in [6.07, 6.45) is 0.318. The molecule has 24 heavy (non-hydrogen) atoms. The fourth-order valence-electron chi connectivity index (χ4n) is 2.43. The molecule has 0 aliphatic rings. The van der Waals surface area contributed by atoms with Crippen molar-refractivity contribution in [3.8, 4) is 0 Å². The Morgan fingerprint density at radius 2 is 1.67 bits per heavy atom. The maximum absolute atomic E-state index is 12.5. The number of carbonyl (C=O) groups is 2. The standard InChI is InChI=1S/C19H30N2O3/c1-12(2)11-16(19(23)24-13(3)4)21-18(22)14(5)17(20)15-9-7-6-8-10-15/h6-10,12-14,16-17H,11,20H2,1-5H3,(H,21,22)/t14?,16-,17?/m0/s1. The van der Waals surface area contributed by atoms with E-state index in [4.69, 9.17) is 10.5 Å². The van der Waals surface area contributed by atoms with Crippen LogP contribution in [0.2, 0.25) is 0 Å². The van der Waals surface area contributed by atoms with Crippen molar-refractivity contribution in [3.63, 3.8) is 0 Å². The summed E-state index contributed by atoms with van der Waals surface area (Å²) in [6, 6.07) is 8.40. The zero-order valence-corrected chi connectivity index (χ0v) is 15.3. The molecule has 1 rings (SSSR count). The first-order valence-electron chi connectivity index (χ1n) is 8.53. The Balaban J connectivity index is 2.77. The van der Waals surface area contributed by atoms with Crippen molar-refractivity contribution in [1.82, 2.24) is 5.32 Å². The highest BCUT2D eigenvalue weighted by Gasteiger charge is 2.28. The largest absolute Gasteiger partial charge is 0.461 e. The van der Waals surface area contributed by atoms with Gasteiger partial charge in [-0.1, -0.05) is 51.1 Å². The molecule has 3 N–H and O–H groups in total. The van der Waals surface area contributed by atoms with Crippen LogP contribution in [0.3, 0.4) is 0 Å². The number of rotatable bonds is 8. The quantitative estimate of drug-likeness (QED) is 0.716. The highest BCUT2D eigenvalue weighted by Crippen LogP contribution is 2.20. The first kappa shape index (κ1) is 20.2. The molecular formula is C19H30N2O3. The summed E-state index contributed by atoms with van der Waals surface area (Å²) < 4.78 is 5.25. The van der Waals surface area contributed by atoms with Crippen molar-refractivity contribution in [2.24, 2.45) is 17.6 Å². The van der Waals surface area contributed by atoms with Gasteiger partial charge in [0, 0.05) is 6.04 Å². The molecule has 1 aromatic carbocycles. The first-order chi connectivity index (χ1) is 11.2. The van der Waals surface area contributed by atoms with Gasteiger partial charge in [-0.2, -0.15) is 0 Å². The van der Waals surface area contributed by atoms with Crippen LogP contribution in [0.15, 0.2) is 30.3 Å². The molecule has 0 spiro atoms. The van der Waals surface area contributed by atoms with E-state index in [1.165, 1.54) is 0 Å². The molecule has 3 atom stereocenters. The summed E-state index contributed by atoms with van der Waals surface area (Å²) >= 11 is 0. The highest BCUT2D eigenvalue weighted by molar-refractivity contribution is 5.86. The lowest BCUT2D eigenvalue weighted by atomic mass is 9.94. The molecule has 2 unspecified atom stereocenters. The van der Waals surface area contributed by atoms with E-state index in [2.05, 4.69) is 5.32 Å². The maximum Gasteiger partial charge on any atom is 0.328 e. The van der Waals surface area contributed by atoms with E-state index in [1.807, 2.05) is 44.2 Å². The van der Waals surface area contributed by atoms with Gasteiger partial charge < -0.3 is 15.8 Å². The third-order valence-electron chi connectivity index (χ3n) is 3.80. The van der Waals surface area contributed by atoms with E-state index >= 15 is 0 Å².